The van der Waals surface area contributed by atoms with Gasteiger partial charge in [-0.2, -0.15) is 0 Å². The van der Waals surface area contributed by atoms with E-state index in [0.29, 0.717) is 0 Å². The average molecular weight is 631 g/mol. The van der Waals surface area contributed by atoms with Crippen molar-refractivity contribution in [1.82, 2.24) is 4.98 Å². The van der Waals surface area contributed by atoms with Gasteiger partial charge in [-0.15, -0.1) is 11.3 Å². The van der Waals surface area contributed by atoms with Crippen LogP contribution in [-0.4, -0.2) is 4.98 Å². The topological polar surface area (TPSA) is 16.1 Å². The summed E-state index contributed by atoms with van der Waals surface area (Å²) in [5.74, 6) is 0.887. The van der Waals surface area contributed by atoms with Crippen molar-refractivity contribution in [2.75, 3.05) is 4.90 Å². The summed E-state index contributed by atoms with van der Waals surface area (Å²) in [5, 5.41) is 5.05. The van der Waals surface area contributed by atoms with E-state index in [1.54, 1.807) is 11.3 Å². The molecule has 0 radical (unpaired) electrons. The molecule has 0 aliphatic heterocycles. The zero-order valence-electron chi connectivity index (χ0n) is 26.1. The van der Waals surface area contributed by atoms with E-state index in [1.165, 1.54) is 58.8 Å². The highest BCUT2D eigenvalue weighted by molar-refractivity contribution is 7.26. The van der Waals surface area contributed by atoms with E-state index in [-0.39, 0.29) is 0 Å². The van der Waals surface area contributed by atoms with Gasteiger partial charge in [0.05, 0.1) is 10.4 Å². The van der Waals surface area contributed by atoms with Crippen LogP contribution in [0.15, 0.2) is 182 Å². The number of aromatic nitrogens is 1. The van der Waals surface area contributed by atoms with E-state index < -0.39 is 0 Å². The van der Waals surface area contributed by atoms with E-state index in [0.717, 1.165) is 22.8 Å². The number of anilines is 3. The summed E-state index contributed by atoms with van der Waals surface area (Å²) < 4.78 is 2.47. The standard InChI is InChI=1S/C45H30N2S/c1-3-11-31(12-4-1)32-19-21-33(22-20-32)34-23-26-37(27-24-34)47(41-18-10-9-16-38(41)35-13-5-2-6-14-35)44-29-40-43(30-46-44)48-42-28-25-36-15-7-8-17-39(36)45(40)42/h1-30H. The lowest BCUT2D eigenvalue weighted by molar-refractivity contribution is 1.20. The van der Waals surface area contributed by atoms with Crippen LogP contribution >= 0.6 is 11.3 Å². The Morgan fingerprint density at radius 3 is 1.75 bits per heavy atom. The Bertz CT molecular complexity index is 2540. The van der Waals surface area contributed by atoms with Crippen LogP contribution in [0.4, 0.5) is 17.2 Å². The molecule has 0 saturated heterocycles. The Balaban J connectivity index is 1.19. The Hall–Kier alpha value is -6.03. The van der Waals surface area contributed by atoms with Gasteiger partial charge in [0.25, 0.3) is 0 Å². The van der Waals surface area contributed by atoms with Crippen LogP contribution in [0.25, 0.3) is 64.3 Å². The smallest absolute Gasteiger partial charge is 0.138 e. The summed E-state index contributed by atoms with van der Waals surface area (Å²) in [6.07, 6.45) is 2.05. The molecule has 0 N–H and O–H groups in total. The molecule has 0 saturated carbocycles. The quantitative estimate of drug-likeness (QED) is 0.182. The van der Waals surface area contributed by atoms with Gasteiger partial charge in [0.15, 0.2) is 0 Å². The van der Waals surface area contributed by atoms with Gasteiger partial charge < -0.3 is 0 Å². The Labute approximate surface area is 283 Å². The zero-order chi connectivity index (χ0) is 31.9. The van der Waals surface area contributed by atoms with E-state index in [2.05, 4.69) is 181 Å². The predicted molar refractivity (Wildman–Crippen MR) is 206 cm³/mol. The van der Waals surface area contributed by atoms with Gasteiger partial charge in [-0.25, -0.2) is 4.98 Å². The maximum absolute atomic E-state index is 5.13. The molecule has 9 rings (SSSR count). The molecule has 226 valence electrons. The molecule has 2 aromatic heterocycles. The van der Waals surface area contributed by atoms with Gasteiger partial charge in [0.2, 0.25) is 0 Å². The molecule has 0 aliphatic carbocycles. The lowest BCUT2D eigenvalue weighted by Crippen LogP contribution is -2.12. The summed E-state index contributed by atoms with van der Waals surface area (Å²) in [6.45, 7) is 0. The average Bonchev–Trinajstić information content (AvgIpc) is 3.55. The summed E-state index contributed by atoms with van der Waals surface area (Å²) in [4.78, 5) is 7.43. The van der Waals surface area contributed by atoms with Crippen molar-refractivity contribution < 1.29 is 0 Å². The first-order valence-corrected chi connectivity index (χ1v) is 17.0. The van der Waals surface area contributed by atoms with Gasteiger partial charge in [-0.3, -0.25) is 4.90 Å². The molecule has 3 heteroatoms. The van der Waals surface area contributed by atoms with E-state index in [9.17, 15) is 0 Å². The molecular formula is C45H30N2S. The SMILES string of the molecule is c1ccc(-c2ccc(-c3ccc(N(c4cc5c(cn4)sc4ccc6ccccc6c45)c4ccccc4-c4ccccc4)cc3)cc2)cc1. The van der Waals surface area contributed by atoms with E-state index >= 15 is 0 Å². The van der Waals surface area contributed by atoms with Crippen molar-refractivity contribution in [3.05, 3.63) is 182 Å². The second kappa shape index (κ2) is 12.0. The van der Waals surface area contributed by atoms with Crippen molar-refractivity contribution in [1.29, 1.82) is 0 Å². The lowest BCUT2D eigenvalue weighted by atomic mass is 9.99. The highest BCUT2D eigenvalue weighted by Crippen LogP contribution is 2.44. The van der Waals surface area contributed by atoms with Gasteiger partial charge in [0, 0.05) is 32.9 Å². The lowest BCUT2D eigenvalue weighted by Gasteiger charge is -2.27. The molecule has 0 atom stereocenters. The van der Waals surface area contributed by atoms with Gasteiger partial charge in [0.1, 0.15) is 5.82 Å². The van der Waals surface area contributed by atoms with Crippen molar-refractivity contribution >= 4 is 59.5 Å². The zero-order valence-corrected chi connectivity index (χ0v) is 26.9. The fourth-order valence-corrected chi connectivity index (χ4v) is 7.85. The second-order valence-corrected chi connectivity index (χ2v) is 13.1. The number of benzene rings is 7. The molecule has 48 heavy (non-hydrogen) atoms. The third-order valence-corrected chi connectivity index (χ3v) is 10.2. The summed E-state index contributed by atoms with van der Waals surface area (Å²) in [5.41, 5.74) is 9.27. The molecule has 2 nitrogen and oxygen atoms in total. The molecule has 0 amide bonds. The summed E-state index contributed by atoms with van der Waals surface area (Å²) in [6, 6.07) is 62.9. The molecule has 0 aliphatic rings. The van der Waals surface area contributed by atoms with Crippen molar-refractivity contribution in [3.63, 3.8) is 0 Å². The number of para-hydroxylation sites is 1. The first-order valence-electron chi connectivity index (χ1n) is 16.2. The minimum absolute atomic E-state index is 0.887. The fourth-order valence-electron chi connectivity index (χ4n) is 6.78. The van der Waals surface area contributed by atoms with Crippen LogP contribution in [0, 0.1) is 0 Å². The molecule has 0 fully saturated rings. The molecule has 0 bridgehead atoms. The van der Waals surface area contributed by atoms with Gasteiger partial charge >= 0.3 is 0 Å². The molecule has 7 aromatic carbocycles. The van der Waals surface area contributed by atoms with Crippen molar-refractivity contribution in [3.8, 4) is 33.4 Å². The van der Waals surface area contributed by atoms with E-state index in [4.69, 9.17) is 4.98 Å². The van der Waals surface area contributed by atoms with Crippen molar-refractivity contribution in [2.45, 2.75) is 0 Å². The monoisotopic (exact) mass is 630 g/mol. The number of hydrogen-bond acceptors (Lipinski definition) is 3. The van der Waals surface area contributed by atoms with Crippen LogP contribution in [-0.2, 0) is 0 Å². The summed E-state index contributed by atoms with van der Waals surface area (Å²) in [7, 11) is 0. The number of nitrogens with zero attached hydrogens (tertiary/aromatic N) is 2. The first kappa shape index (κ1) is 28.2. The maximum Gasteiger partial charge on any atom is 0.138 e. The first-order chi connectivity index (χ1) is 23.8. The normalized spacial score (nSPS) is 11.3. The van der Waals surface area contributed by atoms with Crippen LogP contribution in [0.5, 0.6) is 0 Å². The second-order valence-electron chi connectivity index (χ2n) is 12.0. The number of fused-ring (bicyclic) bond motifs is 5. The van der Waals surface area contributed by atoms with Gasteiger partial charge in [-0.1, -0.05) is 146 Å². The largest absolute Gasteiger partial charge is 0.294 e. The highest BCUT2D eigenvalue weighted by Gasteiger charge is 2.20. The molecular weight excluding hydrogens is 601 g/mol. The Morgan fingerprint density at radius 1 is 0.438 bits per heavy atom. The van der Waals surface area contributed by atoms with E-state index in [1.807, 2.05) is 6.20 Å². The van der Waals surface area contributed by atoms with Crippen LogP contribution in [0.3, 0.4) is 0 Å². The molecule has 2 heterocycles. The van der Waals surface area contributed by atoms with Crippen LogP contribution < -0.4 is 4.90 Å². The molecule has 0 unspecified atom stereocenters. The van der Waals surface area contributed by atoms with Crippen LogP contribution in [0.1, 0.15) is 0 Å². The predicted octanol–water partition coefficient (Wildman–Crippen LogP) is 13.1. The minimum atomic E-state index is 0.887. The minimum Gasteiger partial charge on any atom is -0.294 e. The summed E-state index contributed by atoms with van der Waals surface area (Å²) >= 11 is 1.81. The Kier molecular flexibility index (Phi) is 7.03. The fraction of sp³-hybridized carbons (Fsp3) is 0. The number of hydrogen-bond donors (Lipinski definition) is 0. The maximum atomic E-state index is 5.13. The molecule has 9 aromatic rings. The number of thiophene rings is 1. The Morgan fingerprint density at radius 2 is 1.02 bits per heavy atom. The third-order valence-electron chi connectivity index (χ3n) is 9.14. The highest BCUT2D eigenvalue weighted by atomic mass is 32.1. The van der Waals surface area contributed by atoms with Gasteiger partial charge in [-0.05, 0) is 68.9 Å². The third kappa shape index (κ3) is 5.02. The van der Waals surface area contributed by atoms with Crippen molar-refractivity contribution in [2.24, 2.45) is 0 Å². The number of pyridine rings is 1. The molecule has 0 spiro atoms. The van der Waals surface area contributed by atoms with Crippen LogP contribution in [0.2, 0.25) is 0 Å². The number of rotatable bonds is 6.